The summed E-state index contributed by atoms with van der Waals surface area (Å²) in [5.74, 6) is -0.332. The maximum Gasteiger partial charge on any atom is 0.346 e. The molecule has 2 aromatic heterocycles. The van der Waals surface area contributed by atoms with Crippen molar-refractivity contribution in [2.75, 3.05) is 6.61 Å². The summed E-state index contributed by atoms with van der Waals surface area (Å²) in [6, 6.07) is 3.36. The molecular formula is C10H10N2O3S. The number of nitrogens with zero attached hydrogens (tertiary/aromatic N) is 2. The van der Waals surface area contributed by atoms with Crippen molar-refractivity contribution in [2.45, 2.75) is 6.54 Å². The van der Waals surface area contributed by atoms with E-state index < -0.39 is 5.97 Å². The number of carboxylic acid groups (broad SMARTS) is 1. The van der Waals surface area contributed by atoms with Crippen LogP contribution in [0.25, 0.3) is 0 Å². The zero-order chi connectivity index (χ0) is 11.4. The van der Waals surface area contributed by atoms with Gasteiger partial charge in [0.25, 0.3) is 0 Å². The van der Waals surface area contributed by atoms with Gasteiger partial charge in [-0.2, -0.15) is 5.10 Å². The van der Waals surface area contributed by atoms with Gasteiger partial charge >= 0.3 is 5.97 Å². The van der Waals surface area contributed by atoms with Crippen LogP contribution in [0, 0.1) is 0 Å². The van der Waals surface area contributed by atoms with Gasteiger partial charge in [-0.3, -0.25) is 4.68 Å². The fourth-order valence-corrected chi connectivity index (χ4v) is 1.86. The molecule has 16 heavy (non-hydrogen) atoms. The van der Waals surface area contributed by atoms with Gasteiger partial charge in [0.15, 0.2) is 0 Å². The van der Waals surface area contributed by atoms with Crippen molar-refractivity contribution >= 4 is 17.3 Å². The monoisotopic (exact) mass is 238 g/mol. The van der Waals surface area contributed by atoms with Gasteiger partial charge in [0.1, 0.15) is 17.2 Å². The van der Waals surface area contributed by atoms with Crippen molar-refractivity contribution < 1.29 is 14.6 Å². The molecule has 0 unspecified atom stereocenters. The summed E-state index contributed by atoms with van der Waals surface area (Å²) in [5, 5.41) is 14.4. The topological polar surface area (TPSA) is 64.3 Å². The Balaban J connectivity index is 1.83. The fraction of sp³-hybridized carbons (Fsp3) is 0.200. The molecule has 0 bridgehead atoms. The third-order valence-electron chi connectivity index (χ3n) is 1.93. The lowest BCUT2D eigenvalue weighted by Gasteiger charge is -2.03. The van der Waals surface area contributed by atoms with Crippen LogP contribution in [0.4, 0.5) is 0 Å². The molecule has 0 aliphatic carbocycles. The highest BCUT2D eigenvalue weighted by molar-refractivity contribution is 7.12. The van der Waals surface area contributed by atoms with Crippen molar-refractivity contribution in [1.29, 1.82) is 0 Å². The summed E-state index contributed by atoms with van der Waals surface area (Å²) >= 11 is 1.16. The van der Waals surface area contributed by atoms with Gasteiger partial charge in [0.2, 0.25) is 0 Å². The van der Waals surface area contributed by atoms with E-state index in [4.69, 9.17) is 9.84 Å². The molecule has 84 valence electrons. The first-order valence-electron chi connectivity index (χ1n) is 4.68. The second kappa shape index (κ2) is 4.80. The third-order valence-corrected chi connectivity index (χ3v) is 2.83. The lowest BCUT2D eigenvalue weighted by atomic mass is 10.4. The van der Waals surface area contributed by atoms with Gasteiger partial charge in [-0.15, -0.1) is 11.3 Å². The Labute approximate surface area is 95.9 Å². The molecular weight excluding hydrogens is 228 g/mol. The van der Waals surface area contributed by atoms with Gasteiger partial charge < -0.3 is 9.84 Å². The molecule has 6 heteroatoms. The molecule has 0 atom stereocenters. The second-order valence-electron chi connectivity index (χ2n) is 3.07. The van der Waals surface area contributed by atoms with Crippen LogP contribution in [0.1, 0.15) is 9.67 Å². The predicted octanol–water partition coefficient (Wildman–Crippen LogP) is 1.72. The summed E-state index contributed by atoms with van der Waals surface area (Å²) < 4.78 is 7.15. The predicted molar refractivity (Wildman–Crippen MR) is 59.0 cm³/mol. The van der Waals surface area contributed by atoms with E-state index >= 15 is 0 Å². The van der Waals surface area contributed by atoms with Gasteiger partial charge in [0, 0.05) is 23.8 Å². The molecule has 0 aromatic carbocycles. The molecule has 0 aliphatic rings. The zero-order valence-corrected chi connectivity index (χ0v) is 9.18. The first-order chi connectivity index (χ1) is 7.75. The van der Waals surface area contributed by atoms with Gasteiger partial charge in [-0.1, -0.05) is 0 Å². The van der Waals surface area contributed by atoms with Crippen LogP contribution in [0.5, 0.6) is 5.75 Å². The van der Waals surface area contributed by atoms with E-state index in [-0.39, 0.29) is 4.88 Å². The SMILES string of the molecule is O=C(O)c1cc(OCCn2cccn2)cs1. The van der Waals surface area contributed by atoms with E-state index in [9.17, 15) is 4.79 Å². The van der Waals surface area contributed by atoms with E-state index in [0.29, 0.717) is 18.9 Å². The molecule has 0 saturated carbocycles. The van der Waals surface area contributed by atoms with Crippen LogP contribution in [-0.4, -0.2) is 27.5 Å². The first kappa shape index (κ1) is 10.7. The number of aromatic carboxylic acids is 1. The van der Waals surface area contributed by atoms with Gasteiger partial charge in [-0.25, -0.2) is 4.79 Å². The summed E-state index contributed by atoms with van der Waals surface area (Å²) in [4.78, 5) is 10.9. The highest BCUT2D eigenvalue weighted by atomic mass is 32.1. The van der Waals surface area contributed by atoms with Crippen LogP contribution < -0.4 is 4.74 Å². The molecule has 0 aliphatic heterocycles. The number of carbonyl (C=O) groups is 1. The lowest BCUT2D eigenvalue weighted by Crippen LogP contribution is -2.07. The molecule has 0 radical (unpaired) electrons. The minimum atomic E-state index is -0.924. The molecule has 0 saturated heterocycles. The Morgan fingerprint density at radius 2 is 2.50 bits per heavy atom. The number of carboxylic acids is 1. The molecule has 0 amide bonds. The normalized spacial score (nSPS) is 10.2. The van der Waals surface area contributed by atoms with Crippen LogP contribution in [0.15, 0.2) is 29.9 Å². The molecule has 5 nitrogen and oxygen atoms in total. The summed E-state index contributed by atoms with van der Waals surface area (Å²) in [7, 11) is 0. The maximum atomic E-state index is 10.6. The average molecular weight is 238 g/mol. The van der Waals surface area contributed by atoms with Crippen molar-refractivity contribution in [3.8, 4) is 5.75 Å². The minimum absolute atomic E-state index is 0.286. The Hall–Kier alpha value is -1.82. The zero-order valence-electron chi connectivity index (χ0n) is 8.37. The second-order valence-corrected chi connectivity index (χ2v) is 3.98. The molecule has 2 aromatic rings. The smallest absolute Gasteiger partial charge is 0.346 e. The van der Waals surface area contributed by atoms with Crippen molar-refractivity contribution in [3.05, 3.63) is 34.8 Å². The van der Waals surface area contributed by atoms with Crippen LogP contribution in [0.3, 0.4) is 0 Å². The minimum Gasteiger partial charge on any atom is -0.491 e. The summed E-state index contributed by atoms with van der Waals surface area (Å²) in [6.07, 6.45) is 3.55. The Kier molecular flexibility index (Phi) is 3.21. The van der Waals surface area contributed by atoms with Gasteiger partial charge in [-0.05, 0) is 6.07 Å². The van der Waals surface area contributed by atoms with Crippen LogP contribution in [-0.2, 0) is 6.54 Å². The molecule has 2 rings (SSSR count). The quantitative estimate of drug-likeness (QED) is 0.861. The van der Waals surface area contributed by atoms with E-state index in [2.05, 4.69) is 5.10 Å². The first-order valence-corrected chi connectivity index (χ1v) is 5.56. The van der Waals surface area contributed by atoms with Crippen molar-refractivity contribution in [1.82, 2.24) is 9.78 Å². The Morgan fingerprint density at radius 1 is 1.62 bits per heavy atom. The number of hydrogen-bond acceptors (Lipinski definition) is 4. The average Bonchev–Trinajstić information content (AvgIpc) is 2.87. The number of thiophene rings is 1. The lowest BCUT2D eigenvalue weighted by molar-refractivity contribution is 0.0702. The van der Waals surface area contributed by atoms with Gasteiger partial charge in [0.05, 0.1) is 6.54 Å². The van der Waals surface area contributed by atoms with E-state index in [1.165, 1.54) is 6.07 Å². The number of aromatic nitrogens is 2. The number of ether oxygens (including phenoxy) is 1. The van der Waals surface area contributed by atoms with Crippen LogP contribution >= 0.6 is 11.3 Å². The van der Waals surface area contributed by atoms with Crippen LogP contribution in [0.2, 0.25) is 0 Å². The summed E-state index contributed by atoms with van der Waals surface area (Å²) in [5.41, 5.74) is 0. The van der Waals surface area contributed by atoms with Crippen molar-refractivity contribution in [2.24, 2.45) is 0 Å². The van der Waals surface area contributed by atoms with E-state index in [1.807, 2.05) is 12.3 Å². The standard InChI is InChI=1S/C10H10N2O3S/c13-10(14)9-6-8(7-16-9)15-5-4-12-3-1-2-11-12/h1-3,6-7H,4-5H2,(H,13,14). The maximum absolute atomic E-state index is 10.6. The largest absolute Gasteiger partial charge is 0.491 e. The Morgan fingerprint density at radius 3 is 3.12 bits per heavy atom. The molecule has 2 heterocycles. The molecule has 1 N–H and O–H groups in total. The van der Waals surface area contributed by atoms with E-state index in [0.717, 1.165) is 11.3 Å². The molecule has 0 spiro atoms. The Bertz CT molecular complexity index is 464. The number of hydrogen-bond donors (Lipinski definition) is 1. The summed E-state index contributed by atoms with van der Waals surface area (Å²) in [6.45, 7) is 1.11. The third kappa shape index (κ3) is 2.60. The molecule has 0 fully saturated rings. The van der Waals surface area contributed by atoms with Crippen molar-refractivity contribution in [3.63, 3.8) is 0 Å². The number of rotatable bonds is 5. The highest BCUT2D eigenvalue weighted by Gasteiger charge is 2.07. The fourth-order valence-electron chi connectivity index (χ4n) is 1.20. The highest BCUT2D eigenvalue weighted by Crippen LogP contribution is 2.21. The van der Waals surface area contributed by atoms with E-state index in [1.54, 1.807) is 16.3 Å².